The second-order valence-corrected chi connectivity index (χ2v) is 4.31. The first kappa shape index (κ1) is 14.6. The second-order valence-electron chi connectivity index (χ2n) is 4.31. The number of rotatable bonds is 6. The number of benzene rings is 2. The van der Waals surface area contributed by atoms with Crippen LogP contribution in [0, 0.1) is 0 Å². The molecule has 2 aromatic carbocycles. The predicted molar refractivity (Wildman–Crippen MR) is 78.4 cm³/mol. The zero-order valence-electron chi connectivity index (χ0n) is 11.3. The van der Waals surface area contributed by atoms with Crippen molar-refractivity contribution in [1.82, 2.24) is 0 Å². The maximum Gasteiger partial charge on any atom is 0.323 e. The van der Waals surface area contributed by atoms with Crippen molar-refractivity contribution in [3.63, 3.8) is 0 Å². The average Bonchev–Trinajstić information content (AvgIpc) is 2.52. The van der Waals surface area contributed by atoms with Crippen LogP contribution in [0.15, 0.2) is 60.7 Å². The van der Waals surface area contributed by atoms with Crippen molar-refractivity contribution in [2.75, 3.05) is 18.1 Å². The number of hydrogen-bond acceptors (Lipinski definition) is 3. The van der Waals surface area contributed by atoms with Crippen LogP contribution in [0.1, 0.15) is 0 Å². The van der Waals surface area contributed by atoms with E-state index in [2.05, 4.69) is 0 Å². The molecule has 5 nitrogen and oxygen atoms in total. The summed E-state index contributed by atoms with van der Waals surface area (Å²) in [6, 6.07) is 17.6. The Labute approximate surface area is 122 Å². The van der Waals surface area contributed by atoms with Gasteiger partial charge in [0.2, 0.25) is 0 Å². The van der Waals surface area contributed by atoms with Crippen molar-refractivity contribution in [2.45, 2.75) is 0 Å². The van der Waals surface area contributed by atoms with Crippen LogP contribution in [0.4, 0.5) is 5.69 Å². The molecule has 0 spiro atoms. The summed E-state index contributed by atoms with van der Waals surface area (Å²) in [4.78, 5) is 24.3. The smallest absolute Gasteiger partial charge is 0.323 e. The molecule has 0 aromatic heterocycles. The average molecular weight is 285 g/mol. The number of nitrogens with zero attached hydrogens (tertiary/aromatic N) is 1. The molecule has 0 aliphatic rings. The summed E-state index contributed by atoms with van der Waals surface area (Å²) in [6.45, 7) is -0.618. The lowest BCUT2D eigenvalue weighted by atomic mass is 10.3. The summed E-state index contributed by atoms with van der Waals surface area (Å²) in [7, 11) is 0. The van der Waals surface area contributed by atoms with Crippen molar-refractivity contribution in [3.05, 3.63) is 60.7 Å². The Morgan fingerprint density at radius 1 is 0.952 bits per heavy atom. The van der Waals surface area contributed by atoms with Crippen LogP contribution in [0.3, 0.4) is 0 Å². The third-order valence-corrected chi connectivity index (χ3v) is 2.77. The van der Waals surface area contributed by atoms with E-state index in [9.17, 15) is 9.59 Å². The molecule has 0 fully saturated rings. The highest BCUT2D eigenvalue weighted by Crippen LogP contribution is 2.14. The topological polar surface area (TPSA) is 66.8 Å². The van der Waals surface area contributed by atoms with Crippen LogP contribution in [0.2, 0.25) is 0 Å². The van der Waals surface area contributed by atoms with E-state index in [0.717, 1.165) is 0 Å². The van der Waals surface area contributed by atoms with Crippen LogP contribution >= 0.6 is 0 Å². The number of aliphatic carboxylic acids is 1. The zero-order valence-corrected chi connectivity index (χ0v) is 11.3. The van der Waals surface area contributed by atoms with Crippen LogP contribution in [0.25, 0.3) is 0 Å². The van der Waals surface area contributed by atoms with E-state index in [4.69, 9.17) is 9.84 Å². The highest BCUT2D eigenvalue weighted by atomic mass is 16.5. The quantitative estimate of drug-likeness (QED) is 0.883. The van der Waals surface area contributed by atoms with Gasteiger partial charge in [-0.1, -0.05) is 36.4 Å². The Balaban J connectivity index is 2.06. The molecule has 0 unspecified atom stereocenters. The fourth-order valence-corrected chi connectivity index (χ4v) is 1.81. The van der Waals surface area contributed by atoms with E-state index in [0.29, 0.717) is 11.4 Å². The van der Waals surface area contributed by atoms with E-state index in [-0.39, 0.29) is 6.61 Å². The summed E-state index contributed by atoms with van der Waals surface area (Å²) in [5, 5.41) is 8.94. The van der Waals surface area contributed by atoms with E-state index >= 15 is 0 Å². The number of carbonyl (C=O) groups is 2. The van der Waals surface area contributed by atoms with Gasteiger partial charge in [-0.05, 0) is 24.3 Å². The SMILES string of the molecule is O=C(O)CN(C(=O)COc1ccccc1)c1ccccc1. The third kappa shape index (κ3) is 4.35. The van der Waals surface area contributed by atoms with Gasteiger partial charge in [0.1, 0.15) is 12.3 Å². The Morgan fingerprint density at radius 2 is 1.52 bits per heavy atom. The maximum atomic E-state index is 12.2. The van der Waals surface area contributed by atoms with Crippen molar-refractivity contribution in [1.29, 1.82) is 0 Å². The number of anilines is 1. The molecule has 0 aliphatic heterocycles. The molecule has 5 heteroatoms. The molecule has 2 rings (SSSR count). The van der Waals surface area contributed by atoms with Gasteiger partial charge in [0.25, 0.3) is 5.91 Å². The first-order valence-electron chi connectivity index (χ1n) is 6.42. The Kier molecular flexibility index (Phi) is 4.93. The molecular formula is C16H15NO4. The molecule has 0 heterocycles. The molecule has 0 bridgehead atoms. The first-order valence-corrected chi connectivity index (χ1v) is 6.42. The second kappa shape index (κ2) is 7.09. The normalized spacial score (nSPS) is 9.90. The van der Waals surface area contributed by atoms with Crippen molar-refractivity contribution in [3.8, 4) is 5.75 Å². The molecule has 1 N–H and O–H groups in total. The molecule has 0 aliphatic carbocycles. The highest BCUT2D eigenvalue weighted by molar-refractivity contribution is 5.98. The number of carboxylic acids is 1. The Bertz CT molecular complexity index is 598. The Hall–Kier alpha value is -2.82. The molecule has 2 aromatic rings. The van der Waals surface area contributed by atoms with E-state index < -0.39 is 18.4 Å². The molecule has 0 saturated carbocycles. The molecule has 0 saturated heterocycles. The third-order valence-electron chi connectivity index (χ3n) is 2.77. The van der Waals surface area contributed by atoms with Gasteiger partial charge >= 0.3 is 5.97 Å². The monoisotopic (exact) mass is 285 g/mol. The number of para-hydroxylation sites is 2. The molecule has 21 heavy (non-hydrogen) atoms. The minimum Gasteiger partial charge on any atom is -0.484 e. The molecular weight excluding hydrogens is 270 g/mol. The molecule has 1 amide bonds. The van der Waals surface area contributed by atoms with Gasteiger partial charge in [-0.25, -0.2) is 0 Å². The van der Waals surface area contributed by atoms with Crippen LogP contribution in [-0.2, 0) is 9.59 Å². The lowest BCUT2D eigenvalue weighted by molar-refractivity contribution is -0.136. The van der Waals surface area contributed by atoms with Crippen molar-refractivity contribution in [2.24, 2.45) is 0 Å². The number of amides is 1. The van der Waals surface area contributed by atoms with Crippen LogP contribution < -0.4 is 9.64 Å². The van der Waals surface area contributed by atoms with Crippen molar-refractivity contribution >= 4 is 17.6 Å². The van der Waals surface area contributed by atoms with Gasteiger partial charge in [-0.15, -0.1) is 0 Å². The van der Waals surface area contributed by atoms with E-state index in [1.54, 1.807) is 54.6 Å². The zero-order chi connectivity index (χ0) is 15.1. The Morgan fingerprint density at radius 3 is 2.10 bits per heavy atom. The minimum atomic E-state index is -1.08. The number of carboxylic acid groups (broad SMARTS) is 1. The fourth-order valence-electron chi connectivity index (χ4n) is 1.81. The summed E-state index contributed by atoms with van der Waals surface area (Å²) < 4.78 is 5.37. The number of hydrogen-bond donors (Lipinski definition) is 1. The van der Waals surface area contributed by atoms with Crippen LogP contribution in [0.5, 0.6) is 5.75 Å². The minimum absolute atomic E-state index is 0.216. The van der Waals surface area contributed by atoms with Gasteiger partial charge in [-0.3, -0.25) is 14.5 Å². The van der Waals surface area contributed by atoms with Gasteiger partial charge in [0, 0.05) is 5.69 Å². The lowest BCUT2D eigenvalue weighted by Gasteiger charge is -2.20. The van der Waals surface area contributed by atoms with Gasteiger partial charge in [0.05, 0.1) is 0 Å². The van der Waals surface area contributed by atoms with Gasteiger partial charge < -0.3 is 9.84 Å². The van der Waals surface area contributed by atoms with Gasteiger partial charge in [-0.2, -0.15) is 0 Å². The van der Waals surface area contributed by atoms with Gasteiger partial charge in [0.15, 0.2) is 6.61 Å². The molecule has 108 valence electrons. The standard InChI is InChI=1S/C16H15NO4/c18-15(12-21-14-9-5-2-6-10-14)17(11-16(19)20)13-7-3-1-4-8-13/h1-10H,11-12H2,(H,19,20). The first-order chi connectivity index (χ1) is 10.2. The maximum absolute atomic E-state index is 12.2. The lowest BCUT2D eigenvalue weighted by Crippen LogP contribution is -2.38. The fraction of sp³-hybridized carbons (Fsp3) is 0.125. The van der Waals surface area contributed by atoms with Crippen molar-refractivity contribution < 1.29 is 19.4 Å². The molecule has 0 radical (unpaired) electrons. The van der Waals surface area contributed by atoms with E-state index in [1.807, 2.05) is 6.07 Å². The number of carbonyl (C=O) groups excluding carboxylic acids is 1. The highest BCUT2D eigenvalue weighted by Gasteiger charge is 2.19. The number of ether oxygens (including phenoxy) is 1. The largest absolute Gasteiger partial charge is 0.484 e. The predicted octanol–water partition coefficient (Wildman–Crippen LogP) is 2.18. The summed E-state index contributed by atoms with van der Waals surface area (Å²) in [5.41, 5.74) is 0.529. The van der Waals surface area contributed by atoms with E-state index in [1.165, 1.54) is 4.90 Å². The summed E-state index contributed by atoms with van der Waals surface area (Å²) in [6.07, 6.45) is 0. The van der Waals surface area contributed by atoms with Crippen LogP contribution in [-0.4, -0.2) is 30.1 Å². The summed E-state index contributed by atoms with van der Waals surface area (Å²) in [5.74, 6) is -0.923. The summed E-state index contributed by atoms with van der Waals surface area (Å²) >= 11 is 0. The molecule has 0 atom stereocenters.